The number of carbonyl (C=O) groups is 3. The van der Waals surface area contributed by atoms with Gasteiger partial charge in [-0.15, -0.1) is 18.3 Å². The number of thioether (sulfide) groups is 1. The third-order valence-electron chi connectivity index (χ3n) is 7.83. The number of hydrogen-bond donors (Lipinski definition) is 2. The number of fused-ring (bicyclic) bond motifs is 1. The van der Waals surface area contributed by atoms with E-state index in [2.05, 4.69) is 6.58 Å². The van der Waals surface area contributed by atoms with Crippen LogP contribution in [-0.2, 0) is 20.9 Å². The van der Waals surface area contributed by atoms with Gasteiger partial charge in [0.25, 0.3) is 0 Å². The third-order valence-corrected chi connectivity index (χ3v) is 9.78. The van der Waals surface area contributed by atoms with Crippen LogP contribution < -0.4 is 0 Å². The molecule has 0 saturated carbocycles. The third kappa shape index (κ3) is 3.83. The molecule has 6 atom stereocenters. The number of aliphatic carboxylic acids is 1. The highest BCUT2D eigenvalue weighted by atomic mass is 32.2. The Hall–Kier alpha value is -3.10. The van der Waals surface area contributed by atoms with E-state index in [1.165, 1.54) is 16.7 Å². The lowest BCUT2D eigenvalue weighted by Crippen LogP contribution is -2.55. The molecule has 2 aromatic rings. The minimum atomic E-state index is -0.993. The van der Waals surface area contributed by atoms with Gasteiger partial charge in [0.15, 0.2) is 0 Å². The summed E-state index contributed by atoms with van der Waals surface area (Å²) in [5, 5.41) is 20.4. The van der Waals surface area contributed by atoms with Crippen LogP contribution in [0.15, 0.2) is 73.3 Å². The molecule has 5 rings (SSSR count). The predicted molar refractivity (Wildman–Crippen MR) is 137 cm³/mol. The maximum Gasteiger partial charge on any atom is 0.308 e. The summed E-state index contributed by atoms with van der Waals surface area (Å²) < 4.78 is -0.833. The van der Waals surface area contributed by atoms with Gasteiger partial charge in [0, 0.05) is 18.3 Å². The van der Waals surface area contributed by atoms with Gasteiger partial charge in [-0.05, 0) is 24.0 Å². The maximum atomic E-state index is 14.4. The lowest BCUT2D eigenvalue weighted by Gasteiger charge is -2.39. The zero-order chi connectivity index (χ0) is 25.4. The lowest BCUT2D eigenvalue weighted by atomic mass is 9.71. The monoisotopic (exact) mass is 506 g/mol. The van der Waals surface area contributed by atoms with Gasteiger partial charge in [-0.3, -0.25) is 14.4 Å². The average Bonchev–Trinajstić information content (AvgIpc) is 3.53. The molecule has 2 amide bonds. The molecular weight excluding hydrogens is 476 g/mol. The molecule has 3 saturated heterocycles. The Kier molecular flexibility index (Phi) is 6.66. The normalized spacial score (nSPS) is 29.1. The van der Waals surface area contributed by atoms with E-state index in [4.69, 9.17) is 0 Å². The molecule has 2 N–H and O–H groups in total. The van der Waals surface area contributed by atoms with Crippen LogP contribution in [0.1, 0.15) is 30.0 Å². The molecule has 0 aliphatic carbocycles. The smallest absolute Gasteiger partial charge is 0.308 e. The summed E-state index contributed by atoms with van der Waals surface area (Å²) in [6.07, 6.45) is 2.91. The first-order valence-electron chi connectivity index (χ1n) is 12.2. The van der Waals surface area contributed by atoms with Gasteiger partial charge in [0.05, 0.1) is 29.2 Å². The zero-order valence-electron chi connectivity index (χ0n) is 19.9. The highest BCUT2D eigenvalue weighted by molar-refractivity contribution is 8.02. The number of aliphatic hydroxyl groups is 1. The van der Waals surface area contributed by atoms with Crippen molar-refractivity contribution in [2.75, 3.05) is 13.2 Å². The van der Waals surface area contributed by atoms with Crippen LogP contribution in [-0.4, -0.2) is 67.0 Å². The van der Waals surface area contributed by atoms with Crippen LogP contribution in [0, 0.1) is 11.8 Å². The molecule has 8 heteroatoms. The fourth-order valence-electron chi connectivity index (χ4n) is 6.38. The summed E-state index contributed by atoms with van der Waals surface area (Å²) in [6.45, 7) is 4.10. The van der Waals surface area contributed by atoms with Gasteiger partial charge in [-0.25, -0.2) is 0 Å². The van der Waals surface area contributed by atoms with E-state index in [1.54, 1.807) is 11.0 Å². The molecule has 2 unspecified atom stereocenters. The Morgan fingerprint density at radius 2 is 1.83 bits per heavy atom. The number of amides is 2. The van der Waals surface area contributed by atoms with Crippen LogP contribution in [0.4, 0.5) is 0 Å². The van der Waals surface area contributed by atoms with E-state index < -0.39 is 34.6 Å². The van der Waals surface area contributed by atoms with E-state index in [0.717, 1.165) is 5.56 Å². The van der Waals surface area contributed by atoms with Crippen molar-refractivity contribution in [3.63, 3.8) is 0 Å². The number of hydrogen-bond acceptors (Lipinski definition) is 5. The Labute approximate surface area is 214 Å². The molecule has 3 fully saturated rings. The van der Waals surface area contributed by atoms with Crippen molar-refractivity contribution in [2.24, 2.45) is 11.8 Å². The van der Waals surface area contributed by atoms with Crippen molar-refractivity contribution in [1.82, 2.24) is 9.80 Å². The average molecular weight is 507 g/mol. The van der Waals surface area contributed by atoms with Crippen molar-refractivity contribution in [1.29, 1.82) is 0 Å². The number of nitrogens with zero attached hydrogens (tertiary/aromatic N) is 2. The van der Waals surface area contributed by atoms with Crippen molar-refractivity contribution in [3.05, 3.63) is 84.4 Å². The molecule has 3 heterocycles. The quantitative estimate of drug-likeness (QED) is 0.507. The van der Waals surface area contributed by atoms with E-state index in [-0.39, 0.29) is 23.7 Å². The van der Waals surface area contributed by atoms with Gasteiger partial charge in [-0.2, -0.15) is 0 Å². The molecule has 0 radical (unpaired) electrons. The van der Waals surface area contributed by atoms with Gasteiger partial charge in [0.1, 0.15) is 6.04 Å². The van der Waals surface area contributed by atoms with Crippen molar-refractivity contribution < 1.29 is 24.6 Å². The van der Waals surface area contributed by atoms with Crippen molar-refractivity contribution in [2.45, 2.75) is 41.5 Å². The van der Waals surface area contributed by atoms with Gasteiger partial charge in [-0.1, -0.05) is 66.7 Å². The number of carboxylic acid groups (broad SMARTS) is 1. The second-order valence-electron chi connectivity index (χ2n) is 9.74. The van der Waals surface area contributed by atoms with Crippen molar-refractivity contribution in [3.8, 4) is 0 Å². The fraction of sp³-hybridized carbons (Fsp3) is 0.393. The van der Waals surface area contributed by atoms with Crippen LogP contribution in [0.2, 0.25) is 0 Å². The number of carbonyl (C=O) groups excluding carboxylic acids is 2. The highest BCUT2D eigenvalue weighted by Gasteiger charge is 2.74. The number of rotatable bonds is 9. The largest absolute Gasteiger partial charge is 0.481 e. The van der Waals surface area contributed by atoms with Crippen LogP contribution in [0.3, 0.4) is 0 Å². The minimum absolute atomic E-state index is 0.194. The minimum Gasteiger partial charge on any atom is -0.481 e. The maximum absolute atomic E-state index is 14.4. The SMILES string of the molecule is C=CCN(Cc1ccccc1)C(=O)C1N([C@H](CO)c2ccccc2)C(=O)[C@@H]2[C@H](C(=O)O)[C@@H]3CCC12S3. The molecule has 3 aliphatic rings. The molecule has 2 bridgehead atoms. The fourth-order valence-corrected chi connectivity index (χ4v) is 8.57. The predicted octanol–water partition coefficient (Wildman–Crippen LogP) is 3.11. The first-order valence-corrected chi connectivity index (χ1v) is 13.1. The number of likely N-dealkylation sites (tertiary alicyclic amines) is 1. The molecule has 2 aromatic carbocycles. The highest BCUT2D eigenvalue weighted by Crippen LogP contribution is 2.67. The molecule has 188 valence electrons. The zero-order valence-corrected chi connectivity index (χ0v) is 20.7. The standard InChI is InChI=1S/C28H30N2O5S/c1-2-15-29(16-18-9-5-3-6-10-18)26(33)24-28-14-13-21(36-28)22(27(34)35)23(28)25(32)30(24)20(17-31)19-11-7-4-8-12-19/h2-12,20-24,31H,1,13-17H2,(H,34,35)/t20-,21+,22-,23+,24?,28?/m1/s1. The summed E-state index contributed by atoms with van der Waals surface area (Å²) in [6, 6.07) is 17.2. The van der Waals surface area contributed by atoms with Gasteiger partial charge in [0.2, 0.25) is 11.8 Å². The first-order chi connectivity index (χ1) is 17.4. The molecule has 1 spiro atoms. The summed E-state index contributed by atoms with van der Waals surface area (Å²) in [5.74, 6) is -3.21. The summed E-state index contributed by atoms with van der Waals surface area (Å²) in [4.78, 5) is 44.0. The van der Waals surface area contributed by atoms with E-state index in [9.17, 15) is 24.6 Å². The molecule has 36 heavy (non-hydrogen) atoms. The molecule has 3 aliphatic heterocycles. The van der Waals surface area contributed by atoms with Crippen LogP contribution in [0.5, 0.6) is 0 Å². The molecule has 7 nitrogen and oxygen atoms in total. The Morgan fingerprint density at radius 3 is 2.44 bits per heavy atom. The van der Waals surface area contributed by atoms with Gasteiger partial charge >= 0.3 is 5.97 Å². The summed E-state index contributed by atoms with van der Waals surface area (Å²) in [7, 11) is 0. The summed E-state index contributed by atoms with van der Waals surface area (Å²) >= 11 is 1.50. The number of carboxylic acids is 1. The van der Waals surface area contributed by atoms with Gasteiger partial charge < -0.3 is 20.0 Å². The summed E-state index contributed by atoms with van der Waals surface area (Å²) in [5.41, 5.74) is 1.67. The Bertz CT molecular complexity index is 1160. The number of benzene rings is 2. The molecule has 0 aromatic heterocycles. The Morgan fingerprint density at radius 1 is 1.17 bits per heavy atom. The second kappa shape index (κ2) is 9.75. The van der Waals surface area contributed by atoms with E-state index >= 15 is 0 Å². The van der Waals surface area contributed by atoms with Crippen molar-refractivity contribution >= 4 is 29.5 Å². The van der Waals surface area contributed by atoms with E-state index in [1.807, 2.05) is 60.7 Å². The Balaban J connectivity index is 1.60. The first kappa shape index (κ1) is 24.6. The van der Waals surface area contributed by atoms with E-state index in [0.29, 0.717) is 31.5 Å². The number of aliphatic hydroxyl groups excluding tert-OH is 1. The lowest BCUT2D eigenvalue weighted by molar-refractivity contribution is -0.150. The second-order valence-corrected chi connectivity index (χ2v) is 11.3. The molecular formula is C28H30N2O5S. The topological polar surface area (TPSA) is 98.2 Å². The van der Waals surface area contributed by atoms with Crippen LogP contribution in [0.25, 0.3) is 0 Å². The van der Waals surface area contributed by atoms with Crippen LogP contribution >= 0.6 is 11.8 Å².